The van der Waals surface area contributed by atoms with Gasteiger partial charge in [-0.2, -0.15) is 16.9 Å². The van der Waals surface area contributed by atoms with Crippen LogP contribution in [0.2, 0.25) is 0 Å². The van der Waals surface area contributed by atoms with E-state index in [1.54, 1.807) is 11.6 Å². The number of nitrogens with one attached hydrogen (secondary N) is 1. The molecule has 1 aromatic heterocycles. The molecule has 0 aliphatic heterocycles. The Hall–Kier alpha value is -1.24. The third-order valence-corrected chi connectivity index (χ3v) is 3.99. The summed E-state index contributed by atoms with van der Waals surface area (Å²) in [6, 6.07) is 0.0986. The van der Waals surface area contributed by atoms with Gasteiger partial charge in [-0.3, -0.25) is 10.1 Å². The Morgan fingerprint density at radius 1 is 1.33 bits per heavy atom. The number of nitrogens with zero attached hydrogens (tertiary/aromatic N) is 3. The van der Waals surface area contributed by atoms with Crippen molar-refractivity contribution in [1.29, 1.82) is 0 Å². The second kappa shape index (κ2) is 8.92. The van der Waals surface area contributed by atoms with Crippen LogP contribution in [0.1, 0.15) is 51.3 Å². The number of nitro groups is 1. The number of hydrogen-bond acceptors (Lipinski definition) is 5. The third kappa shape index (κ3) is 5.22. The standard InChI is InChI=1S/C14H26N4O2S/c1-11(2)17-14(13(18(19)20)12(3)16-17)15-9-7-5-6-8-10-21-4/h11,15H,5-10H2,1-4H3. The fourth-order valence-electron chi connectivity index (χ4n) is 2.23. The van der Waals surface area contributed by atoms with Crippen molar-refractivity contribution in [1.82, 2.24) is 9.78 Å². The highest BCUT2D eigenvalue weighted by Gasteiger charge is 2.25. The molecule has 0 aliphatic rings. The summed E-state index contributed by atoms with van der Waals surface area (Å²) in [6.45, 7) is 6.39. The number of rotatable bonds is 10. The summed E-state index contributed by atoms with van der Waals surface area (Å²) in [4.78, 5) is 10.9. The maximum atomic E-state index is 11.2. The average Bonchev–Trinajstić information content (AvgIpc) is 2.75. The van der Waals surface area contributed by atoms with E-state index in [1.165, 1.54) is 18.6 Å². The number of unbranched alkanes of at least 4 members (excludes halogenated alkanes) is 3. The van der Waals surface area contributed by atoms with Crippen LogP contribution in [0.3, 0.4) is 0 Å². The molecule has 7 heteroatoms. The third-order valence-electron chi connectivity index (χ3n) is 3.29. The van der Waals surface area contributed by atoms with Crippen LogP contribution in [-0.4, -0.2) is 33.3 Å². The molecule has 0 amide bonds. The summed E-state index contributed by atoms with van der Waals surface area (Å²) >= 11 is 1.87. The molecular formula is C14H26N4O2S. The number of aryl methyl sites for hydroxylation is 1. The first-order chi connectivity index (χ1) is 9.99. The van der Waals surface area contributed by atoms with Gasteiger partial charge in [-0.25, -0.2) is 4.68 Å². The number of aromatic nitrogens is 2. The van der Waals surface area contributed by atoms with Gasteiger partial charge in [-0.15, -0.1) is 0 Å². The maximum absolute atomic E-state index is 11.2. The molecule has 0 spiro atoms. The van der Waals surface area contributed by atoms with Gasteiger partial charge in [-0.05, 0) is 45.6 Å². The molecule has 0 saturated carbocycles. The van der Waals surface area contributed by atoms with Gasteiger partial charge in [0.15, 0.2) is 0 Å². The molecule has 1 aromatic rings. The van der Waals surface area contributed by atoms with Gasteiger partial charge in [0.25, 0.3) is 0 Å². The first-order valence-corrected chi connectivity index (χ1v) is 8.84. The minimum Gasteiger partial charge on any atom is -0.365 e. The van der Waals surface area contributed by atoms with Gasteiger partial charge < -0.3 is 5.32 Å². The van der Waals surface area contributed by atoms with Crippen LogP contribution in [0, 0.1) is 17.0 Å². The summed E-state index contributed by atoms with van der Waals surface area (Å²) in [5, 5.41) is 18.7. The Morgan fingerprint density at radius 2 is 2.00 bits per heavy atom. The predicted octanol–water partition coefficient (Wildman–Crippen LogP) is 4.02. The van der Waals surface area contributed by atoms with E-state index in [0.717, 1.165) is 19.4 Å². The first kappa shape index (κ1) is 17.8. The second-order valence-corrected chi connectivity index (χ2v) is 6.40. The zero-order valence-corrected chi connectivity index (χ0v) is 14.2. The normalized spacial score (nSPS) is 11.1. The highest BCUT2D eigenvalue weighted by atomic mass is 32.2. The fraction of sp³-hybridized carbons (Fsp3) is 0.786. The monoisotopic (exact) mass is 314 g/mol. The smallest absolute Gasteiger partial charge is 0.333 e. The summed E-state index contributed by atoms with van der Waals surface area (Å²) in [6.07, 6.45) is 6.75. The molecular weight excluding hydrogens is 288 g/mol. The molecule has 120 valence electrons. The van der Waals surface area contributed by atoms with Crippen molar-refractivity contribution in [3.63, 3.8) is 0 Å². The lowest BCUT2D eigenvalue weighted by molar-refractivity contribution is -0.384. The van der Waals surface area contributed by atoms with Gasteiger partial charge in [0.2, 0.25) is 5.82 Å². The van der Waals surface area contributed by atoms with E-state index in [2.05, 4.69) is 16.7 Å². The SMILES string of the molecule is CSCCCCCCNc1c([N+](=O)[O-])c(C)nn1C(C)C. The molecule has 0 unspecified atom stereocenters. The molecule has 0 aromatic carbocycles. The van der Waals surface area contributed by atoms with Gasteiger partial charge in [0.1, 0.15) is 5.69 Å². The van der Waals surface area contributed by atoms with E-state index < -0.39 is 0 Å². The molecule has 1 rings (SSSR count). The summed E-state index contributed by atoms with van der Waals surface area (Å²) in [5.41, 5.74) is 0.572. The Labute approximate surface area is 130 Å². The largest absolute Gasteiger partial charge is 0.365 e. The van der Waals surface area contributed by atoms with Crippen molar-refractivity contribution < 1.29 is 4.92 Å². The molecule has 0 atom stereocenters. The minimum absolute atomic E-state index is 0.0986. The van der Waals surface area contributed by atoms with Gasteiger partial charge in [0.05, 0.1) is 4.92 Å². The molecule has 0 radical (unpaired) electrons. The topological polar surface area (TPSA) is 73.0 Å². The van der Waals surface area contributed by atoms with Gasteiger partial charge in [-0.1, -0.05) is 12.8 Å². The molecule has 0 fully saturated rings. The molecule has 0 saturated heterocycles. The van der Waals surface area contributed by atoms with E-state index >= 15 is 0 Å². The molecule has 21 heavy (non-hydrogen) atoms. The highest BCUT2D eigenvalue weighted by Crippen LogP contribution is 2.30. The zero-order valence-electron chi connectivity index (χ0n) is 13.4. The summed E-state index contributed by atoms with van der Waals surface area (Å²) in [7, 11) is 0. The van der Waals surface area contributed by atoms with Crippen LogP contribution >= 0.6 is 11.8 Å². The van der Waals surface area contributed by atoms with Crippen LogP contribution in [0.25, 0.3) is 0 Å². The van der Waals surface area contributed by atoms with E-state index in [-0.39, 0.29) is 16.7 Å². The number of hydrogen-bond donors (Lipinski definition) is 1. The van der Waals surface area contributed by atoms with Crippen molar-refractivity contribution in [3.05, 3.63) is 15.8 Å². The average molecular weight is 314 g/mol. The molecule has 6 nitrogen and oxygen atoms in total. The van der Waals surface area contributed by atoms with E-state index in [4.69, 9.17) is 0 Å². The van der Waals surface area contributed by atoms with Crippen LogP contribution in [0.5, 0.6) is 0 Å². The zero-order chi connectivity index (χ0) is 15.8. The van der Waals surface area contributed by atoms with Gasteiger partial charge in [0, 0.05) is 12.6 Å². The van der Waals surface area contributed by atoms with E-state index in [1.807, 2.05) is 25.6 Å². The molecule has 1 N–H and O–H groups in total. The van der Waals surface area contributed by atoms with Crippen LogP contribution in [-0.2, 0) is 0 Å². The fourth-order valence-corrected chi connectivity index (χ4v) is 2.72. The van der Waals surface area contributed by atoms with Crippen molar-refractivity contribution in [3.8, 4) is 0 Å². The van der Waals surface area contributed by atoms with Gasteiger partial charge >= 0.3 is 5.69 Å². The summed E-state index contributed by atoms with van der Waals surface area (Å²) in [5.74, 6) is 1.75. The Bertz CT molecular complexity index is 460. The molecule has 1 heterocycles. The van der Waals surface area contributed by atoms with Crippen LogP contribution < -0.4 is 5.32 Å². The number of thioether (sulfide) groups is 1. The van der Waals surface area contributed by atoms with Crippen molar-refractivity contribution in [2.24, 2.45) is 0 Å². The quantitative estimate of drug-likeness (QED) is 0.401. The molecule has 0 aliphatic carbocycles. The molecule has 0 bridgehead atoms. The lowest BCUT2D eigenvalue weighted by Crippen LogP contribution is -2.12. The highest BCUT2D eigenvalue weighted by molar-refractivity contribution is 7.98. The lowest BCUT2D eigenvalue weighted by Gasteiger charge is -2.11. The first-order valence-electron chi connectivity index (χ1n) is 7.45. The Morgan fingerprint density at radius 3 is 2.57 bits per heavy atom. The van der Waals surface area contributed by atoms with E-state index in [9.17, 15) is 10.1 Å². The Kier molecular flexibility index (Phi) is 7.56. The number of anilines is 1. The summed E-state index contributed by atoms with van der Waals surface area (Å²) < 4.78 is 1.71. The van der Waals surface area contributed by atoms with Crippen molar-refractivity contribution >= 4 is 23.3 Å². The maximum Gasteiger partial charge on any atom is 0.333 e. The predicted molar refractivity (Wildman–Crippen MR) is 89.3 cm³/mol. The van der Waals surface area contributed by atoms with E-state index in [0.29, 0.717) is 11.5 Å². The lowest BCUT2D eigenvalue weighted by atomic mass is 10.2. The van der Waals surface area contributed by atoms with Crippen LogP contribution in [0.4, 0.5) is 11.5 Å². The van der Waals surface area contributed by atoms with Crippen LogP contribution in [0.15, 0.2) is 0 Å². The second-order valence-electron chi connectivity index (χ2n) is 5.41. The van der Waals surface area contributed by atoms with Crippen molar-refractivity contribution in [2.75, 3.05) is 23.9 Å². The minimum atomic E-state index is -0.345. The van der Waals surface area contributed by atoms with Crippen molar-refractivity contribution in [2.45, 2.75) is 52.5 Å². The Balaban J connectivity index is 2.58.